The number of carbonyl (C=O) groups excluding carboxylic acids is 3. The van der Waals surface area contributed by atoms with Gasteiger partial charge in [0.2, 0.25) is 11.8 Å². The first-order chi connectivity index (χ1) is 14.3. The topological polar surface area (TPSA) is 90.5 Å². The maximum Gasteiger partial charge on any atom is 0.253 e. The molecule has 1 aliphatic rings. The number of nitrogens with zero attached hydrogens (tertiary/aromatic N) is 1. The Morgan fingerprint density at radius 2 is 1.80 bits per heavy atom. The molecule has 3 N–H and O–H groups in total. The summed E-state index contributed by atoms with van der Waals surface area (Å²) in [7, 11) is 0. The van der Waals surface area contributed by atoms with Crippen LogP contribution in [0.4, 0.5) is 5.69 Å². The zero-order chi connectivity index (χ0) is 21.7. The van der Waals surface area contributed by atoms with Gasteiger partial charge in [-0.15, -0.1) is 0 Å². The smallest absolute Gasteiger partial charge is 0.253 e. The molecule has 1 saturated heterocycles. The van der Waals surface area contributed by atoms with Crippen molar-refractivity contribution in [2.45, 2.75) is 32.9 Å². The second-order valence-electron chi connectivity index (χ2n) is 8.00. The molecule has 0 radical (unpaired) electrons. The van der Waals surface area contributed by atoms with Gasteiger partial charge in [0.25, 0.3) is 5.91 Å². The van der Waals surface area contributed by atoms with Gasteiger partial charge in [-0.25, -0.2) is 0 Å². The SMILES string of the molecule is Cc1ccc(CNC(=O)c2ccccc2NC(=O)CN2CCNC(=O)C2(C)C)cc1. The molecule has 7 heteroatoms. The van der Waals surface area contributed by atoms with Crippen LogP contribution in [0, 0.1) is 6.92 Å². The van der Waals surface area contributed by atoms with E-state index >= 15 is 0 Å². The Bertz CT molecular complexity index is 938. The standard InChI is InChI=1S/C23H28N4O3/c1-16-8-10-17(11-9-16)14-25-21(29)18-6-4-5-7-19(18)26-20(28)15-27-13-12-24-22(30)23(27,2)3/h4-11H,12-15H2,1-3H3,(H,24,30)(H,25,29)(H,26,28). The van der Waals surface area contributed by atoms with Crippen molar-refractivity contribution in [1.82, 2.24) is 15.5 Å². The first kappa shape index (κ1) is 21.5. The third-order valence-corrected chi connectivity index (χ3v) is 5.37. The molecule has 0 bridgehead atoms. The quantitative estimate of drug-likeness (QED) is 0.683. The number of rotatable bonds is 6. The predicted octanol–water partition coefficient (Wildman–Crippen LogP) is 2.07. The van der Waals surface area contributed by atoms with E-state index in [1.54, 1.807) is 38.1 Å². The lowest BCUT2D eigenvalue weighted by Crippen LogP contribution is -2.62. The summed E-state index contributed by atoms with van der Waals surface area (Å²) < 4.78 is 0. The van der Waals surface area contributed by atoms with E-state index in [2.05, 4.69) is 16.0 Å². The van der Waals surface area contributed by atoms with Gasteiger partial charge in [-0.3, -0.25) is 19.3 Å². The summed E-state index contributed by atoms with van der Waals surface area (Å²) in [6.07, 6.45) is 0. The number of piperazine rings is 1. The minimum absolute atomic E-state index is 0.0692. The van der Waals surface area contributed by atoms with Crippen LogP contribution in [-0.2, 0) is 16.1 Å². The number of para-hydroxylation sites is 1. The molecular formula is C23H28N4O3. The molecule has 1 heterocycles. The molecule has 0 atom stereocenters. The molecule has 7 nitrogen and oxygen atoms in total. The Morgan fingerprint density at radius 3 is 2.53 bits per heavy atom. The fourth-order valence-electron chi connectivity index (χ4n) is 3.36. The van der Waals surface area contributed by atoms with E-state index in [0.717, 1.165) is 11.1 Å². The third-order valence-electron chi connectivity index (χ3n) is 5.37. The van der Waals surface area contributed by atoms with Crippen LogP contribution in [0.15, 0.2) is 48.5 Å². The van der Waals surface area contributed by atoms with E-state index in [9.17, 15) is 14.4 Å². The van der Waals surface area contributed by atoms with Crippen LogP contribution in [0.1, 0.15) is 35.3 Å². The summed E-state index contributed by atoms with van der Waals surface area (Å²) in [6, 6.07) is 14.8. The van der Waals surface area contributed by atoms with Crippen molar-refractivity contribution in [2.75, 3.05) is 25.0 Å². The van der Waals surface area contributed by atoms with Gasteiger partial charge in [0.15, 0.2) is 0 Å². The van der Waals surface area contributed by atoms with E-state index in [1.165, 1.54) is 0 Å². The van der Waals surface area contributed by atoms with Crippen molar-refractivity contribution < 1.29 is 14.4 Å². The van der Waals surface area contributed by atoms with E-state index < -0.39 is 5.54 Å². The average Bonchev–Trinajstić information content (AvgIpc) is 2.71. The molecule has 3 rings (SSSR count). The first-order valence-electron chi connectivity index (χ1n) is 10.0. The maximum atomic E-state index is 12.7. The minimum Gasteiger partial charge on any atom is -0.353 e. The summed E-state index contributed by atoms with van der Waals surface area (Å²) in [5.74, 6) is -0.627. The lowest BCUT2D eigenvalue weighted by molar-refractivity contribution is -0.136. The van der Waals surface area contributed by atoms with Gasteiger partial charge in [-0.1, -0.05) is 42.0 Å². The number of anilines is 1. The lowest BCUT2D eigenvalue weighted by Gasteiger charge is -2.40. The third kappa shape index (κ3) is 5.04. The molecule has 1 fully saturated rings. The van der Waals surface area contributed by atoms with E-state index in [0.29, 0.717) is 30.9 Å². The Labute approximate surface area is 176 Å². The van der Waals surface area contributed by atoms with E-state index in [1.807, 2.05) is 36.1 Å². The van der Waals surface area contributed by atoms with Crippen molar-refractivity contribution in [3.8, 4) is 0 Å². The molecule has 30 heavy (non-hydrogen) atoms. The first-order valence-corrected chi connectivity index (χ1v) is 10.0. The largest absolute Gasteiger partial charge is 0.353 e. The fourth-order valence-corrected chi connectivity index (χ4v) is 3.36. The minimum atomic E-state index is -0.763. The number of aryl methyl sites for hydroxylation is 1. The summed E-state index contributed by atoms with van der Waals surface area (Å²) in [4.78, 5) is 39.3. The average molecular weight is 409 g/mol. The van der Waals surface area contributed by atoms with Gasteiger partial charge in [-0.05, 0) is 38.5 Å². The molecule has 0 aromatic heterocycles. The monoisotopic (exact) mass is 408 g/mol. The Morgan fingerprint density at radius 1 is 1.10 bits per heavy atom. The Hall–Kier alpha value is -3.19. The highest BCUT2D eigenvalue weighted by Gasteiger charge is 2.38. The van der Waals surface area contributed by atoms with Gasteiger partial charge in [0.05, 0.1) is 23.3 Å². The van der Waals surface area contributed by atoms with Gasteiger partial charge < -0.3 is 16.0 Å². The number of amides is 3. The van der Waals surface area contributed by atoms with Gasteiger partial charge >= 0.3 is 0 Å². The molecule has 2 aromatic carbocycles. The molecular weight excluding hydrogens is 380 g/mol. The van der Waals surface area contributed by atoms with Crippen molar-refractivity contribution in [2.24, 2.45) is 0 Å². The van der Waals surface area contributed by atoms with Crippen LogP contribution < -0.4 is 16.0 Å². The fraction of sp³-hybridized carbons (Fsp3) is 0.348. The molecule has 2 aromatic rings. The number of hydrogen-bond donors (Lipinski definition) is 3. The number of carbonyl (C=O) groups is 3. The van der Waals surface area contributed by atoms with Crippen LogP contribution >= 0.6 is 0 Å². The Balaban J connectivity index is 1.64. The molecule has 0 spiro atoms. The molecule has 0 unspecified atom stereocenters. The van der Waals surface area contributed by atoms with E-state index in [4.69, 9.17) is 0 Å². The lowest BCUT2D eigenvalue weighted by atomic mass is 9.99. The predicted molar refractivity (Wildman–Crippen MR) is 116 cm³/mol. The molecule has 3 amide bonds. The highest BCUT2D eigenvalue weighted by Crippen LogP contribution is 2.19. The van der Waals surface area contributed by atoms with Crippen LogP contribution in [0.2, 0.25) is 0 Å². The summed E-state index contributed by atoms with van der Waals surface area (Å²) in [6.45, 7) is 7.16. The number of nitrogens with one attached hydrogen (secondary N) is 3. The van der Waals surface area contributed by atoms with Gasteiger partial charge in [0.1, 0.15) is 0 Å². The van der Waals surface area contributed by atoms with Gasteiger partial charge in [0, 0.05) is 19.6 Å². The number of hydrogen-bond acceptors (Lipinski definition) is 4. The van der Waals surface area contributed by atoms with Crippen molar-refractivity contribution in [3.63, 3.8) is 0 Å². The van der Waals surface area contributed by atoms with Crippen LogP contribution in [0.25, 0.3) is 0 Å². The highest BCUT2D eigenvalue weighted by atomic mass is 16.2. The summed E-state index contributed by atoms with van der Waals surface area (Å²) in [5.41, 5.74) is 2.24. The molecule has 158 valence electrons. The summed E-state index contributed by atoms with van der Waals surface area (Å²) in [5, 5.41) is 8.53. The van der Waals surface area contributed by atoms with Crippen molar-refractivity contribution >= 4 is 23.4 Å². The summed E-state index contributed by atoms with van der Waals surface area (Å²) >= 11 is 0. The van der Waals surface area contributed by atoms with Crippen LogP contribution in [-0.4, -0.2) is 47.8 Å². The number of benzene rings is 2. The highest BCUT2D eigenvalue weighted by molar-refractivity contribution is 6.04. The maximum absolute atomic E-state index is 12.7. The van der Waals surface area contributed by atoms with Crippen LogP contribution in [0.3, 0.4) is 0 Å². The molecule has 0 aliphatic carbocycles. The molecule has 1 aliphatic heterocycles. The second-order valence-corrected chi connectivity index (χ2v) is 8.00. The van der Waals surface area contributed by atoms with Crippen molar-refractivity contribution in [1.29, 1.82) is 0 Å². The van der Waals surface area contributed by atoms with Crippen molar-refractivity contribution in [3.05, 3.63) is 65.2 Å². The van der Waals surface area contributed by atoms with Crippen LogP contribution in [0.5, 0.6) is 0 Å². The zero-order valence-electron chi connectivity index (χ0n) is 17.6. The van der Waals surface area contributed by atoms with Gasteiger partial charge in [-0.2, -0.15) is 0 Å². The Kier molecular flexibility index (Phi) is 6.52. The second kappa shape index (κ2) is 9.09. The zero-order valence-corrected chi connectivity index (χ0v) is 17.6. The normalized spacial score (nSPS) is 15.9. The van der Waals surface area contributed by atoms with E-state index in [-0.39, 0.29) is 24.3 Å². The molecule has 0 saturated carbocycles.